The van der Waals surface area contributed by atoms with Gasteiger partial charge in [-0.2, -0.15) is 10.4 Å². The standard InChI is InChI=1S/C20H24N6O2/c1-14-23-17(13-21)20(28-14)26-11-6-16(7-12-26)19(27)25-9-4-15(5-10-25)18-3-8-22-24(18)2/h3-4,8,16H,5-7,9-12H2,1-2H3. The molecule has 1 fully saturated rings. The molecule has 4 heterocycles. The molecule has 0 atom stereocenters. The predicted molar refractivity (Wildman–Crippen MR) is 103 cm³/mol. The molecule has 0 unspecified atom stereocenters. The average molecular weight is 380 g/mol. The molecule has 0 N–H and O–H groups in total. The Labute approximate surface area is 164 Å². The van der Waals surface area contributed by atoms with Crippen LogP contribution in [0.3, 0.4) is 0 Å². The molecule has 146 valence electrons. The third-order valence-electron chi connectivity index (χ3n) is 5.62. The summed E-state index contributed by atoms with van der Waals surface area (Å²) in [5.41, 5.74) is 2.70. The normalized spacial score (nSPS) is 18.1. The van der Waals surface area contributed by atoms with E-state index in [2.05, 4.69) is 22.2 Å². The number of carbonyl (C=O) groups is 1. The number of piperidine rings is 1. The fourth-order valence-corrected chi connectivity index (χ4v) is 4.08. The largest absolute Gasteiger partial charge is 0.424 e. The third-order valence-corrected chi connectivity index (χ3v) is 5.62. The van der Waals surface area contributed by atoms with Gasteiger partial charge in [0.1, 0.15) is 6.07 Å². The lowest BCUT2D eigenvalue weighted by molar-refractivity contribution is -0.135. The number of aromatic nitrogens is 3. The molecular formula is C20H24N6O2. The summed E-state index contributed by atoms with van der Waals surface area (Å²) in [5.74, 6) is 1.29. The van der Waals surface area contributed by atoms with Crippen molar-refractivity contribution < 1.29 is 9.21 Å². The van der Waals surface area contributed by atoms with Crippen molar-refractivity contribution in [3.05, 3.63) is 35.6 Å². The Balaban J connectivity index is 1.35. The molecule has 2 aliphatic rings. The van der Waals surface area contributed by atoms with E-state index in [1.807, 2.05) is 27.6 Å². The molecule has 8 heteroatoms. The zero-order valence-electron chi connectivity index (χ0n) is 16.3. The molecule has 1 amide bonds. The van der Waals surface area contributed by atoms with Crippen LogP contribution in [0, 0.1) is 24.2 Å². The van der Waals surface area contributed by atoms with E-state index in [0.29, 0.717) is 37.1 Å². The van der Waals surface area contributed by atoms with Crippen LogP contribution in [0.4, 0.5) is 5.88 Å². The lowest BCUT2D eigenvalue weighted by Gasteiger charge is -2.35. The van der Waals surface area contributed by atoms with Crippen molar-refractivity contribution in [1.29, 1.82) is 5.26 Å². The van der Waals surface area contributed by atoms with Crippen LogP contribution in [-0.2, 0) is 11.8 Å². The van der Waals surface area contributed by atoms with Gasteiger partial charge in [-0.05, 0) is 30.9 Å². The van der Waals surface area contributed by atoms with Crippen LogP contribution in [0.2, 0.25) is 0 Å². The van der Waals surface area contributed by atoms with Crippen molar-refractivity contribution in [2.45, 2.75) is 26.2 Å². The van der Waals surface area contributed by atoms with Gasteiger partial charge in [0.2, 0.25) is 17.5 Å². The lowest BCUT2D eigenvalue weighted by Crippen LogP contribution is -2.44. The zero-order chi connectivity index (χ0) is 19.7. The Bertz CT molecular complexity index is 942. The highest BCUT2D eigenvalue weighted by Crippen LogP contribution is 2.29. The Morgan fingerprint density at radius 3 is 2.71 bits per heavy atom. The fraction of sp³-hybridized carbons (Fsp3) is 0.500. The van der Waals surface area contributed by atoms with Crippen LogP contribution in [-0.4, -0.2) is 51.8 Å². The second-order valence-electron chi connectivity index (χ2n) is 7.36. The number of nitriles is 1. The summed E-state index contributed by atoms with van der Waals surface area (Å²) in [5, 5.41) is 13.4. The maximum Gasteiger partial charge on any atom is 0.234 e. The first-order valence-corrected chi connectivity index (χ1v) is 9.65. The number of hydrogen-bond donors (Lipinski definition) is 0. The Morgan fingerprint density at radius 1 is 1.32 bits per heavy atom. The second kappa shape index (κ2) is 7.50. The van der Waals surface area contributed by atoms with Gasteiger partial charge in [-0.25, -0.2) is 4.98 Å². The summed E-state index contributed by atoms with van der Waals surface area (Å²) in [4.78, 5) is 21.0. The van der Waals surface area contributed by atoms with Crippen LogP contribution in [0.15, 0.2) is 22.8 Å². The Kier molecular flexibility index (Phi) is 4.90. The Morgan fingerprint density at radius 2 is 2.11 bits per heavy atom. The van der Waals surface area contributed by atoms with Crippen molar-refractivity contribution in [2.24, 2.45) is 13.0 Å². The van der Waals surface area contributed by atoms with E-state index in [0.717, 1.165) is 31.5 Å². The molecule has 4 rings (SSSR count). The molecule has 2 aromatic rings. The lowest BCUT2D eigenvalue weighted by atomic mass is 9.94. The van der Waals surface area contributed by atoms with Gasteiger partial charge in [0.05, 0.1) is 5.69 Å². The van der Waals surface area contributed by atoms with Crippen LogP contribution in [0.5, 0.6) is 0 Å². The Hall–Kier alpha value is -3.08. The summed E-state index contributed by atoms with van der Waals surface area (Å²) in [6.45, 7) is 4.53. The molecule has 0 aromatic carbocycles. The summed E-state index contributed by atoms with van der Waals surface area (Å²) in [7, 11) is 1.94. The smallest absolute Gasteiger partial charge is 0.234 e. The van der Waals surface area contributed by atoms with Crippen molar-refractivity contribution in [3.63, 3.8) is 0 Å². The van der Waals surface area contributed by atoms with Crippen molar-refractivity contribution in [2.75, 3.05) is 31.1 Å². The average Bonchev–Trinajstić information content (AvgIpc) is 3.33. The van der Waals surface area contributed by atoms with Crippen molar-refractivity contribution >= 4 is 17.4 Å². The quantitative estimate of drug-likeness (QED) is 0.810. The minimum atomic E-state index is 0.0254. The molecule has 2 aromatic heterocycles. The molecule has 0 radical (unpaired) electrons. The monoisotopic (exact) mass is 380 g/mol. The van der Waals surface area contributed by atoms with Crippen LogP contribution in [0.1, 0.15) is 36.5 Å². The summed E-state index contributed by atoms with van der Waals surface area (Å²) < 4.78 is 7.47. The molecule has 0 spiro atoms. The van der Waals surface area contributed by atoms with Crippen molar-refractivity contribution in [3.8, 4) is 6.07 Å². The number of oxazole rings is 1. The number of rotatable bonds is 3. The van der Waals surface area contributed by atoms with E-state index in [4.69, 9.17) is 4.42 Å². The summed E-state index contributed by atoms with van der Waals surface area (Å²) >= 11 is 0. The van der Waals surface area contributed by atoms with Gasteiger partial charge >= 0.3 is 0 Å². The first-order chi connectivity index (χ1) is 13.6. The van der Waals surface area contributed by atoms with E-state index in [1.54, 1.807) is 13.1 Å². The van der Waals surface area contributed by atoms with Gasteiger partial charge in [-0.15, -0.1) is 0 Å². The number of hydrogen-bond acceptors (Lipinski definition) is 6. The predicted octanol–water partition coefficient (Wildman–Crippen LogP) is 2.12. The van der Waals surface area contributed by atoms with E-state index >= 15 is 0 Å². The molecule has 1 saturated heterocycles. The minimum Gasteiger partial charge on any atom is -0.424 e. The fourth-order valence-electron chi connectivity index (χ4n) is 4.08. The van der Waals surface area contributed by atoms with Gasteiger partial charge in [0.15, 0.2) is 5.89 Å². The number of nitrogens with zero attached hydrogens (tertiary/aromatic N) is 6. The maximum atomic E-state index is 13.0. The zero-order valence-corrected chi connectivity index (χ0v) is 16.3. The molecule has 2 aliphatic heterocycles. The minimum absolute atomic E-state index is 0.0254. The molecule has 8 nitrogen and oxygen atoms in total. The summed E-state index contributed by atoms with van der Waals surface area (Å²) in [6, 6.07) is 4.10. The van der Waals surface area contributed by atoms with Crippen LogP contribution in [0.25, 0.3) is 5.57 Å². The molecular weight excluding hydrogens is 356 g/mol. The number of anilines is 1. The van der Waals surface area contributed by atoms with Gasteiger partial charge in [-0.1, -0.05) is 6.08 Å². The van der Waals surface area contributed by atoms with E-state index in [1.165, 1.54) is 5.57 Å². The topological polar surface area (TPSA) is 91.2 Å². The summed E-state index contributed by atoms with van der Waals surface area (Å²) in [6.07, 6.45) is 6.32. The number of amides is 1. The van der Waals surface area contributed by atoms with Gasteiger partial charge in [0, 0.05) is 52.3 Å². The van der Waals surface area contributed by atoms with Crippen molar-refractivity contribution in [1.82, 2.24) is 19.7 Å². The van der Waals surface area contributed by atoms with Crippen LogP contribution < -0.4 is 4.90 Å². The maximum absolute atomic E-state index is 13.0. The second-order valence-corrected chi connectivity index (χ2v) is 7.36. The number of carbonyl (C=O) groups excluding carboxylic acids is 1. The molecule has 28 heavy (non-hydrogen) atoms. The van der Waals surface area contributed by atoms with Gasteiger partial charge in [0.25, 0.3) is 0 Å². The number of aryl methyl sites for hydroxylation is 2. The first kappa shape index (κ1) is 18.3. The van der Waals surface area contributed by atoms with Gasteiger partial charge in [-0.3, -0.25) is 9.48 Å². The SMILES string of the molecule is Cc1nc(C#N)c(N2CCC(C(=O)N3CC=C(c4ccnn4C)CC3)CC2)o1. The molecule has 0 saturated carbocycles. The van der Waals surface area contributed by atoms with Gasteiger partial charge < -0.3 is 14.2 Å². The molecule has 0 bridgehead atoms. The van der Waals surface area contributed by atoms with Crippen LogP contribution >= 0.6 is 0 Å². The van der Waals surface area contributed by atoms with E-state index in [-0.39, 0.29) is 11.8 Å². The van der Waals surface area contributed by atoms with E-state index < -0.39 is 0 Å². The van der Waals surface area contributed by atoms with E-state index in [9.17, 15) is 10.1 Å². The highest BCUT2D eigenvalue weighted by molar-refractivity contribution is 5.80. The highest BCUT2D eigenvalue weighted by atomic mass is 16.4. The first-order valence-electron chi connectivity index (χ1n) is 9.65. The highest BCUT2D eigenvalue weighted by Gasteiger charge is 2.31. The molecule has 0 aliphatic carbocycles. The third kappa shape index (κ3) is 3.40.